The van der Waals surface area contributed by atoms with Gasteiger partial charge in [-0.05, 0) is 44.5 Å². The second-order valence-corrected chi connectivity index (χ2v) is 9.75. The molecule has 164 valence electrons. The molecule has 0 aliphatic carbocycles. The molecule has 1 amide bonds. The summed E-state index contributed by atoms with van der Waals surface area (Å²) in [5.74, 6) is -1.85. The largest absolute Gasteiger partial charge is 0.451 e. The van der Waals surface area contributed by atoms with E-state index in [-0.39, 0.29) is 32.7 Å². The fourth-order valence-corrected chi connectivity index (χ4v) is 4.72. The van der Waals surface area contributed by atoms with E-state index in [1.54, 1.807) is 12.1 Å². The van der Waals surface area contributed by atoms with Crippen LogP contribution >= 0.6 is 11.6 Å². The standard InChI is InChI=1S/C21H21ClFN3O4S/c1-12(2)24-17-5-4-13(22)8-20(17)31(28,29)25-21(27)19-11-15-16(23)9-14(10-18(15)30-19)26-6-3-7-26/h4-5,8-12,24H,3,6-7H2,1-2H3,(H,25,27). The van der Waals surface area contributed by atoms with Crippen molar-refractivity contribution in [3.63, 3.8) is 0 Å². The predicted molar refractivity (Wildman–Crippen MR) is 118 cm³/mol. The Balaban J connectivity index is 1.64. The highest BCUT2D eigenvalue weighted by molar-refractivity contribution is 7.90. The number of sulfonamides is 1. The maximum Gasteiger partial charge on any atom is 0.300 e. The van der Waals surface area contributed by atoms with Gasteiger partial charge in [-0.2, -0.15) is 0 Å². The molecule has 1 aliphatic rings. The van der Waals surface area contributed by atoms with Crippen LogP contribution in [0.4, 0.5) is 15.8 Å². The van der Waals surface area contributed by atoms with E-state index in [2.05, 4.69) is 5.32 Å². The van der Waals surface area contributed by atoms with Gasteiger partial charge in [0.15, 0.2) is 5.76 Å². The Labute approximate surface area is 184 Å². The zero-order chi connectivity index (χ0) is 22.3. The van der Waals surface area contributed by atoms with Crippen molar-refractivity contribution in [2.45, 2.75) is 31.2 Å². The Kier molecular flexibility index (Phi) is 5.57. The van der Waals surface area contributed by atoms with Crippen LogP contribution in [0, 0.1) is 5.82 Å². The van der Waals surface area contributed by atoms with E-state index in [4.69, 9.17) is 16.0 Å². The van der Waals surface area contributed by atoms with Crippen LogP contribution in [0.15, 0.2) is 45.7 Å². The van der Waals surface area contributed by atoms with Crippen LogP contribution in [0.2, 0.25) is 5.02 Å². The first-order chi connectivity index (χ1) is 14.6. The number of amides is 1. The summed E-state index contributed by atoms with van der Waals surface area (Å²) >= 11 is 5.97. The van der Waals surface area contributed by atoms with E-state index in [0.717, 1.165) is 19.5 Å². The van der Waals surface area contributed by atoms with E-state index in [1.165, 1.54) is 24.3 Å². The molecule has 1 fully saturated rings. The van der Waals surface area contributed by atoms with Gasteiger partial charge in [0.25, 0.3) is 10.0 Å². The molecule has 2 aromatic carbocycles. The van der Waals surface area contributed by atoms with Gasteiger partial charge in [-0.3, -0.25) is 4.79 Å². The Morgan fingerprint density at radius 2 is 1.94 bits per heavy atom. The van der Waals surface area contributed by atoms with Crippen molar-refractivity contribution in [3.8, 4) is 0 Å². The lowest BCUT2D eigenvalue weighted by atomic mass is 10.1. The number of halogens is 2. The number of hydrogen-bond acceptors (Lipinski definition) is 6. The van der Waals surface area contributed by atoms with Gasteiger partial charge in [0.05, 0.1) is 11.1 Å². The van der Waals surface area contributed by atoms with Gasteiger partial charge in [-0.15, -0.1) is 0 Å². The summed E-state index contributed by atoms with van der Waals surface area (Å²) in [4.78, 5) is 14.5. The number of furan rings is 1. The molecule has 10 heteroatoms. The van der Waals surface area contributed by atoms with E-state index >= 15 is 0 Å². The van der Waals surface area contributed by atoms with Crippen LogP contribution in [-0.4, -0.2) is 33.5 Å². The average Bonchev–Trinajstić information content (AvgIpc) is 3.06. The lowest BCUT2D eigenvalue weighted by molar-refractivity contribution is 0.0956. The number of anilines is 2. The number of nitrogens with zero attached hydrogens (tertiary/aromatic N) is 1. The van der Waals surface area contributed by atoms with Crippen LogP contribution in [0.1, 0.15) is 30.8 Å². The van der Waals surface area contributed by atoms with Gasteiger partial charge < -0.3 is 14.6 Å². The lowest BCUT2D eigenvalue weighted by Crippen LogP contribution is -2.36. The van der Waals surface area contributed by atoms with Crippen LogP contribution in [0.5, 0.6) is 0 Å². The van der Waals surface area contributed by atoms with Gasteiger partial charge in [-0.1, -0.05) is 11.6 Å². The third-order valence-corrected chi connectivity index (χ3v) is 6.53. The van der Waals surface area contributed by atoms with Crippen LogP contribution in [0.3, 0.4) is 0 Å². The summed E-state index contributed by atoms with van der Waals surface area (Å²) in [6, 6.07) is 8.49. The fraction of sp³-hybridized carbons (Fsp3) is 0.286. The van der Waals surface area contributed by atoms with E-state index in [1.807, 2.05) is 23.5 Å². The van der Waals surface area contributed by atoms with Crippen LogP contribution in [0.25, 0.3) is 11.0 Å². The molecule has 0 unspecified atom stereocenters. The summed E-state index contributed by atoms with van der Waals surface area (Å²) < 4.78 is 47.7. The molecule has 31 heavy (non-hydrogen) atoms. The highest BCUT2D eigenvalue weighted by Gasteiger charge is 2.26. The molecule has 2 N–H and O–H groups in total. The minimum Gasteiger partial charge on any atom is -0.451 e. The smallest absolute Gasteiger partial charge is 0.300 e. The van der Waals surface area contributed by atoms with Crippen LogP contribution in [-0.2, 0) is 10.0 Å². The molecule has 1 aliphatic heterocycles. The second-order valence-electron chi connectivity index (χ2n) is 7.66. The van der Waals surface area contributed by atoms with Gasteiger partial charge in [0.2, 0.25) is 0 Å². The number of benzene rings is 2. The minimum atomic E-state index is -4.28. The minimum absolute atomic E-state index is 0.0511. The molecule has 2 heterocycles. The molecule has 7 nitrogen and oxygen atoms in total. The van der Waals surface area contributed by atoms with Crippen molar-refractivity contribution < 1.29 is 22.0 Å². The lowest BCUT2D eigenvalue weighted by Gasteiger charge is -2.33. The van der Waals surface area contributed by atoms with E-state index < -0.39 is 21.7 Å². The highest BCUT2D eigenvalue weighted by atomic mass is 35.5. The number of hydrogen-bond donors (Lipinski definition) is 2. The Hall–Kier alpha value is -2.78. The number of fused-ring (bicyclic) bond motifs is 1. The summed E-state index contributed by atoms with van der Waals surface area (Å²) in [5.41, 5.74) is 1.14. The summed E-state index contributed by atoms with van der Waals surface area (Å²) in [6.45, 7) is 5.34. The Bertz CT molecular complexity index is 1270. The zero-order valence-electron chi connectivity index (χ0n) is 16.9. The average molecular weight is 466 g/mol. The molecule has 0 radical (unpaired) electrons. The van der Waals surface area contributed by atoms with Crippen molar-refractivity contribution in [3.05, 3.63) is 53.0 Å². The predicted octanol–water partition coefficient (Wildman–Crippen LogP) is 4.37. The van der Waals surface area contributed by atoms with Crippen molar-refractivity contribution in [2.24, 2.45) is 0 Å². The topological polar surface area (TPSA) is 91.7 Å². The quantitative estimate of drug-likeness (QED) is 0.561. The normalized spacial score (nSPS) is 14.0. The number of rotatable bonds is 6. The van der Waals surface area contributed by atoms with Crippen molar-refractivity contribution in [1.82, 2.24) is 4.72 Å². The number of carbonyl (C=O) groups is 1. The molecular formula is C21H21ClFN3O4S. The number of nitrogens with one attached hydrogen (secondary N) is 2. The molecule has 0 atom stereocenters. The summed E-state index contributed by atoms with van der Waals surface area (Å²) in [6.07, 6.45) is 1.03. The summed E-state index contributed by atoms with van der Waals surface area (Å²) in [5, 5.41) is 3.32. The molecule has 0 bridgehead atoms. The third-order valence-electron chi connectivity index (χ3n) is 4.92. The SMILES string of the molecule is CC(C)Nc1ccc(Cl)cc1S(=O)(=O)NC(=O)c1cc2c(F)cc(N3CCC3)cc2o1. The zero-order valence-corrected chi connectivity index (χ0v) is 18.5. The molecular weight excluding hydrogens is 445 g/mol. The molecule has 0 spiro atoms. The molecule has 1 aromatic heterocycles. The third kappa shape index (κ3) is 4.33. The highest BCUT2D eigenvalue weighted by Crippen LogP contribution is 2.31. The first-order valence-electron chi connectivity index (χ1n) is 9.75. The van der Waals surface area contributed by atoms with Gasteiger partial charge in [0, 0.05) is 42.0 Å². The maximum absolute atomic E-state index is 14.5. The van der Waals surface area contributed by atoms with Crippen molar-refractivity contribution >= 4 is 49.9 Å². The Morgan fingerprint density at radius 1 is 1.19 bits per heavy atom. The molecule has 4 rings (SSSR count). The van der Waals surface area contributed by atoms with Gasteiger partial charge in [0.1, 0.15) is 16.3 Å². The van der Waals surface area contributed by atoms with E-state index in [9.17, 15) is 17.6 Å². The fourth-order valence-electron chi connectivity index (χ4n) is 3.33. The number of carbonyl (C=O) groups excluding carboxylic acids is 1. The van der Waals surface area contributed by atoms with Gasteiger partial charge in [-0.25, -0.2) is 17.5 Å². The first-order valence-corrected chi connectivity index (χ1v) is 11.6. The summed E-state index contributed by atoms with van der Waals surface area (Å²) in [7, 11) is -4.28. The first kappa shape index (κ1) is 21.5. The molecule has 0 saturated carbocycles. The monoisotopic (exact) mass is 465 g/mol. The maximum atomic E-state index is 14.5. The van der Waals surface area contributed by atoms with E-state index in [0.29, 0.717) is 11.4 Å². The second kappa shape index (κ2) is 8.05. The van der Waals surface area contributed by atoms with Crippen molar-refractivity contribution in [1.29, 1.82) is 0 Å². The van der Waals surface area contributed by atoms with Gasteiger partial charge >= 0.3 is 5.91 Å². The molecule has 3 aromatic rings. The van der Waals surface area contributed by atoms with Crippen molar-refractivity contribution in [2.75, 3.05) is 23.3 Å². The van der Waals surface area contributed by atoms with Crippen LogP contribution < -0.4 is 14.9 Å². The Morgan fingerprint density at radius 3 is 2.58 bits per heavy atom. The molecule has 1 saturated heterocycles.